The molecule has 14 heavy (non-hydrogen) atoms. The minimum Gasteiger partial charge on any atom is -0.382 e. The first kappa shape index (κ1) is 11.7. The molecule has 0 fully saturated rings. The van der Waals surface area contributed by atoms with Crippen LogP contribution in [0.5, 0.6) is 0 Å². The molecule has 0 bridgehead atoms. The van der Waals surface area contributed by atoms with E-state index in [9.17, 15) is 0 Å². The molecule has 0 aliphatic rings. The maximum absolute atomic E-state index is 5.50. The first-order valence-electron chi connectivity index (χ1n) is 4.86. The van der Waals surface area contributed by atoms with Gasteiger partial charge in [-0.2, -0.15) is 0 Å². The number of rotatable bonds is 6. The van der Waals surface area contributed by atoms with Crippen LogP contribution in [-0.2, 0) is 4.74 Å². The average molecular weight is 214 g/mol. The molecule has 0 amide bonds. The highest BCUT2D eigenvalue weighted by Gasteiger charge is 2.10. The third-order valence-corrected chi connectivity index (χ3v) is 2.99. The van der Waals surface area contributed by atoms with Crippen LogP contribution in [0.15, 0.2) is 11.4 Å². The molecule has 1 atom stereocenters. The molecule has 3 N–H and O–H groups in total. The van der Waals surface area contributed by atoms with Gasteiger partial charge in [0.2, 0.25) is 0 Å². The van der Waals surface area contributed by atoms with Gasteiger partial charge >= 0.3 is 0 Å². The van der Waals surface area contributed by atoms with Gasteiger partial charge in [-0.15, -0.1) is 11.3 Å². The van der Waals surface area contributed by atoms with Gasteiger partial charge in [0.1, 0.15) is 0 Å². The predicted molar refractivity (Wildman–Crippen MR) is 60.2 cm³/mol. The Morgan fingerprint density at radius 2 is 2.43 bits per heavy atom. The van der Waals surface area contributed by atoms with E-state index >= 15 is 0 Å². The second-order valence-corrected chi connectivity index (χ2v) is 4.31. The number of ether oxygens (including phenoxy) is 1. The number of aryl methyl sites for hydroxylation is 1. The van der Waals surface area contributed by atoms with Crippen LogP contribution in [-0.4, -0.2) is 13.2 Å². The van der Waals surface area contributed by atoms with E-state index in [0.717, 1.165) is 19.6 Å². The summed E-state index contributed by atoms with van der Waals surface area (Å²) in [5, 5.41) is 2.14. The van der Waals surface area contributed by atoms with E-state index in [1.807, 2.05) is 6.92 Å². The van der Waals surface area contributed by atoms with Crippen molar-refractivity contribution in [2.75, 3.05) is 13.2 Å². The van der Waals surface area contributed by atoms with Gasteiger partial charge in [0.15, 0.2) is 0 Å². The highest BCUT2D eigenvalue weighted by atomic mass is 32.1. The number of thiophene rings is 1. The zero-order valence-electron chi connectivity index (χ0n) is 8.75. The molecule has 0 spiro atoms. The highest BCUT2D eigenvalue weighted by molar-refractivity contribution is 7.10. The van der Waals surface area contributed by atoms with Crippen LogP contribution in [0.1, 0.15) is 29.8 Å². The van der Waals surface area contributed by atoms with E-state index in [1.165, 1.54) is 10.4 Å². The first-order valence-corrected chi connectivity index (χ1v) is 5.74. The molecule has 4 heteroatoms. The summed E-state index contributed by atoms with van der Waals surface area (Å²) >= 11 is 1.75. The second-order valence-electron chi connectivity index (χ2n) is 3.20. The largest absolute Gasteiger partial charge is 0.382 e. The molecular weight excluding hydrogens is 196 g/mol. The average Bonchev–Trinajstić information content (AvgIpc) is 2.60. The van der Waals surface area contributed by atoms with Gasteiger partial charge in [-0.3, -0.25) is 11.3 Å². The topological polar surface area (TPSA) is 47.3 Å². The van der Waals surface area contributed by atoms with Crippen LogP contribution < -0.4 is 11.3 Å². The van der Waals surface area contributed by atoms with Crippen LogP contribution in [0.25, 0.3) is 0 Å². The van der Waals surface area contributed by atoms with Crippen LogP contribution >= 0.6 is 11.3 Å². The van der Waals surface area contributed by atoms with Crippen molar-refractivity contribution in [3.63, 3.8) is 0 Å². The minimum absolute atomic E-state index is 0.214. The van der Waals surface area contributed by atoms with E-state index in [4.69, 9.17) is 10.6 Å². The molecule has 3 nitrogen and oxygen atoms in total. The van der Waals surface area contributed by atoms with E-state index in [0.29, 0.717) is 0 Å². The quantitative estimate of drug-likeness (QED) is 0.432. The Bertz CT molecular complexity index is 262. The van der Waals surface area contributed by atoms with E-state index < -0.39 is 0 Å². The van der Waals surface area contributed by atoms with Crippen molar-refractivity contribution in [1.82, 2.24) is 5.43 Å². The van der Waals surface area contributed by atoms with Crippen molar-refractivity contribution in [2.45, 2.75) is 26.3 Å². The van der Waals surface area contributed by atoms with Crippen LogP contribution in [0.4, 0.5) is 0 Å². The standard InChI is InChI=1S/C10H18N2OS/c1-3-13-5-4-10(12-11)9-6-8(2)14-7-9/h6-7,10,12H,3-5,11H2,1-2H3. The molecule has 1 heterocycles. The Morgan fingerprint density at radius 1 is 1.64 bits per heavy atom. The van der Waals surface area contributed by atoms with Gasteiger partial charge in [0.05, 0.1) is 0 Å². The molecule has 1 rings (SSSR count). The SMILES string of the molecule is CCOCCC(NN)c1csc(C)c1. The first-order chi connectivity index (χ1) is 6.77. The van der Waals surface area contributed by atoms with Gasteiger partial charge in [0.25, 0.3) is 0 Å². The Hall–Kier alpha value is -0.420. The Morgan fingerprint density at radius 3 is 2.93 bits per heavy atom. The van der Waals surface area contributed by atoms with E-state index in [2.05, 4.69) is 23.8 Å². The van der Waals surface area contributed by atoms with Crippen molar-refractivity contribution >= 4 is 11.3 Å². The number of hydrazine groups is 1. The van der Waals surface area contributed by atoms with Crippen LogP contribution in [0, 0.1) is 6.92 Å². The molecule has 0 radical (unpaired) electrons. The lowest BCUT2D eigenvalue weighted by molar-refractivity contribution is 0.136. The van der Waals surface area contributed by atoms with Gasteiger partial charge in [-0.05, 0) is 37.3 Å². The predicted octanol–water partition coefficient (Wildman–Crippen LogP) is 1.99. The maximum Gasteiger partial charge on any atom is 0.0490 e. The summed E-state index contributed by atoms with van der Waals surface area (Å²) in [6.07, 6.45) is 0.917. The summed E-state index contributed by atoms with van der Waals surface area (Å²) < 4.78 is 5.30. The smallest absolute Gasteiger partial charge is 0.0490 e. The van der Waals surface area contributed by atoms with Crippen LogP contribution in [0.2, 0.25) is 0 Å². The summed E-state index contributed by atoms with van der Waals surface area (Å²) in [5.74, 6) is 5.50. The number of nitrogens with two attached hydrogens (primary N) is 1. The third-order valence-electron chi connectivity index (χ3n) is 2.11. The Kier molecular flexibility index (Phi) is 5.11. The maximum atomic E-state index is 5.50. The van der Waals surface area contributed by atoms with Gasteiger partial charge in [-0.25, -0.2) is 0 Å². The lowest BCUT2D eigenvalue weighted by Crippen LogP contribution is -2.28. The number of hydrogen-bond acceptors (Lipinski definition) is 4. The molecule has 0 aromatic carbocycles. The number of hydrogen-bond donors (Lipinski definition) is 2. The van der Waals surface area contributed by atoms with E-state index in [-0.39, 0.29) is 6.04 Å². The van der Waals surface area contributed by atoms with Crippen molar-refractivity contribution in [3.8, 4) is 0 Å². The second kappa shape index (κ2) is 6.14. The summed E-state index contributed by atoms with van der Waals surface area (Å²) in [4.78, 5) is 1.32. The zero-order valence-corrected chi connectivity index (χ0v) is 9.56. The van der Waals surface area contributed by atoms with Crippen molar-refractivity contribution in [1.29, 1.82) is 0 Å². The molecule has 0 aliphatic carbocycles. The summed E-state index contributed by atoms with van der Waals surface area (Å²) in [6.45, 7) is 5.62. The fraction of sp³-hybridized carbons (Fsp3) is 0.600. The van der Waals surface area contributed by atoms with Crippen molar-refractivity contribution in [3.05, 3.63) is 21.9 Å². The molecule has 0 aliphatic heterocycles. The van der Waals surface area contributed by atoms with E-state index in [1.54, 1.807) is 11.3 Å². The third kappa shape index (κ3) is 3.38. The van der Waals surface area contributed by atoms with Gasteiger partial charge < -0.3 is 4.74 Å². The molecule has 0 saturated heterocycles. The zero-order chi connectivity index (χ0) is 10.4. The molecular formula is C10H18N2OS. The summed E-state index contributed by atoms with van der Waals surface area (Å²) in [5.41, 5.74) is 4.08. The summed E-state index contributed by atoms with van der Waals surface area (Å²) in [6, 6.07) is 2.38. The summed E-state index contributed by atoms with van der Waals surface area (Å²) in [7, 11) is 0. The normalized spacial score (nSPS) is 13.1. The lowest BCUT2D eigenvalue weighted by Gasteiger charge is -2.13. The lowest BCUT2D eigenvalue weighted by atomic mass is 10.1. The Labute approximate surface area is 89.2 Å². The highest BCUT2D eigenvalue weighted by Crippen LogP contribution is 2.22. The molecule has 1 unspecified atom stereocenters. The van der Waals surface area contributed by atoms with Crippen LogP contribution in [0.3, 0.4) is 0 Å². The molecule has 80 valence electrons. The van der Waals surface area contributed by atoms with Gasteiger partial charge in [-0.1, -0.05) is 0 Å². The molecule has 1 aromatic rings. The van der Waals surface area contributed by atoms with Crippen molar-refractivity contribution < 1.29 is 4.74 Å². The fourth-order valence-corrected chi connectivity index (χ4v) is 2.10. The van der Waals surface area contributed by atoms with Gasteiger partial charge in [0, 0.05) is 24.1 Å². The monoisotopic (exact) mass is 214 g/mol. The minimum atomic E-state index is 0.214. The molecule has 0 saturated carbocycles. The molecule has 1 aromatic heterocycles. The fourth-order valence-electron chi connectivity index (χ4n) is 1.34. The Balaban J connectivity index is 2.45. The number of nitrogens with one attached hydrogen (secondary N) is 1. The van der Waals surface area contributed by atoms with Crippen molar-refractivity contribution in [2.24, 2.45) is 5.84 Å².